The number of phenols is 1. The van der Waals surface area contributed by atoms with Crippen LogP contribution in [0.5, 0.6) is 5.75 Å². The normalized spacial score (nSPS) is 15.6. The molecule has 1 heterocycles. The molecule has 1 aliphatic heterocycles. The van der Waals surface area contributed by atoms with Gasteiger partial charge in [0, 0.05) is 10.7 Å². The summed E-state index contributed by atoms with van der Waals surface area (Å²) in [5.41, 5.74) is 3.03. The number of allylic oxidation sites excluding steroid dienone is 1. The summed E-state index contributed by atoms with van der Waals surface area (Å²) in [5.74, 6) is -0.821. The molecule has 0 fully saturated rings. The minimum absolute atomic E-state index is 0.116. The molecule has 138 valence electrons. The average molecular weight is 384 g/mol. The van der Waals surface area contributed by atoms with Crippen LogP contribution in [0, 0.1) is 6.92 Å². The number of hydrogen-bond donors (Lipinski definition) is 1. The molecule has 1 N–H and O–H groups in total. The number of carbonyl (C=O) groups is 2. The van der Waals surface area contributed by atoms with Gasteiger partial charge in [0.2, 0.25) is 0 Å². The molecule has 1 aliphatic rings. The van der Waals surface area contributed by atoms with E-state index >= 15 is 0 Å². The number of nitrogens with zero attached hydrogens (tertiary/aromatic N) is 1. The molecule has 0 saturated heterocycles. The van der Waals surface area contributed by atoms with E-state index in [0.29, 0.717) is 22.0 Å². The molecule has 27 heavy (non-hydrogen) atoms. The van der Waals surface area contributed by atoms with E-state index in [4.69, 9.17) is 16.3 Å². The summed E-state index contributed by atoms with van der Waals surface area (Å²) in [6.45, 7) is 3.56. The summed E-state index contributed by atoms with van der Waals surface area (Å²) in [7, 11) is 1.27. The van der Waals surface area contributed by atoms with Gasteiger partial charge in [-0.3, -0.25) is 9.69 Å². The molecule has 0 atom stereocenters. The van der Waals surface area contributed by atoms with Crippen LogP contribution >= 0.6 is 11.6 Å². The number of rotatable bonds is 3. The van der Waals surface area contributed by atoms with Crippen LogP contribution in [0.2, 0.25) is 5.02 Å². The van der Waals surface area contributed by atoms with Crippen LogP contribution in [0.4, 0.5) is 5.69 Å². The van der Waals surface area contributed by atoms with Gasteiger partial charge in [-0.1, -0.05) is 29.8 Å². The summed E-state index contributed by atoms with van der Waals surface area (Å²) in [6.07, 6.45) is 1.60. The molecule has 0 radical (unpaired) electrons. The Kier molecular flexibility index (Phi) is 5.06. The third-order valence-corrected chi connectivity index (χ3v) is 4.81. The van der Waals surface area contributed by atoms with Crippen LogP contribution in [-0.2, 0) is 14.3 Å². The number of carbonyl (C=O) groups excluding carboxylic acids is 2. The summed E-state index contributed by atoms with van der Waals surface area (Å²) in [4.78, 5) is 26.9. The van der Waals surface area contributed by atoms with Gasteiger partial charge in [-0.25, -0.2) is 4.79 Å². The van der Waals surface area contributed by atoms with Gasteiger partial charge in [0.05, 0.1) is 23.9 Å². The minimum Gasteiger partial charge on any atom is -0.508 e. The number of benzene rings is 2. The highest BCUT2D eigenvalue weighted by Crippen LogP contribution is 2.36. The second kappa shape index (κ2) is 7.29. The van der Waals surface area contributed by atoms with Crippen LogP contribution in [0.1, 0.15) is 18.1 Å². The van der Waals surface area contributed by atoms with Crippen molar-refractivity contribution in [1.82, 2.24) is 0 Å². The first-order chi connectivity index (χ1) is 12.8. The zero-order valence-corrected chi connectivity index (χ0v) is 15.9. The van der Waals surface area contributed by atoms with Crippen molar-refractivity contribution in [1.29, 1.82) is 0 Å². The van der Waals surface area contributed by atoms with Gasteiger partial charge >= 0.3 is 5.97 Å². The number of amides is 1. The van der Waals surface area contributed by atoms with Crippen LogP contribution in [0.25, 0.3) is 6.08 Å². The van der Waals surface area contributed by atoms with Crippen LogP contribution in [0.3, 0.4) is 0 Å². The zero-order valence-electron chi connectivity index (χ0n) is 15.1. The van der Waals surface area contributed by atoms with Crippen LogP contribution < -0.4 is 4.90 Å². The zero-order chi connectivity index (χ0) is 19.7. The van der Waals surface area contributed by atoms with E-state index in [1.54, 1.807) is 37.3 Å². The number of ether oxygens (including phenoxy) is 1. The standard InChI is InChI=1S/C21H18ClNO4/c1-12-4-7-15(11-18(12)22)23-13(2)19(21(26)27-3)17(20(23)25)10-14-5-8-16(24)9-6-14/h4-11,24H,1-3H3. The lowest BCUT2D eigenvalue weighted by Gasteiger charge is -2.18. The molecule has 0 aromatic heterocycles. The molecule has 1 amide bonds. The highest BCUT2D eigenvalue weighted by Gasteiger charge is 2.38. The van der Waals surface area contributed by atoms with Gasteiger partial charge < -0.3 is 9.84 Å². The fourth-order valence-electron chi connectivity index (χ4n) is 2.95. The van der Waals surface area contributed by atoms with Gasteiger partial charge in [0.15, 0.2) is 0 Å². The highest BCUT2D eigenvalue weighted by atomic mass is 35.5. The molecule has 6 heteroatoms. The number of methoxy groups -OCH3 is 1. The number of hydrogen-bond acceptors (Lipinski definition) is 4. The number of esters is 1. The number of anilines is 1. The predicted molar refractivity (Wildman–Crippen MR) is 104 cm³/mol. The number of aromatic hydroxyl groups is 1. The molecule has 2 aromatic carbocycles. The van der Waals surface area contributed by atoms with E-state index < -0.39 is 5.97 Å². The van der Waals surface area contributed by atoms with E-state index in [2.05, 4.69) is 0 Å². The lowest BCUT2D eigenvalue weighted by atomic mass is 10.0. The number of aryl methyl sites for hydroxylation is 1. The maximum Gasteiger partial charge on any atom is 0.340 e. The Labute approximate surface area is 162 Å². The molecule has 0 saturated carbocycles. The molecule has 0 bridgehead atoms. The fraction of sp³-hybridized carbons (Fsp3) is 0.143. The lowest BCUT2D eigenvalue weighted by molar-refractivity contribution is -0.136. The predicted octanol–water partition coefficient (Wildman–Crippen LogP) is 4.23. The smallest absolute Gasteiger partial charge is 0.340 e. The first kappa shape index (κ1) is 18.7. The summed E-state index contributed by atoms with van der Waals surface area (Å²) >= 11 is 6.21. The summed E-state index contributed by atoms with van der Waals surface area (Å²) < 4.78 is 4.88. The van der Waals surface area contributed by atoms with Crippen LogP contribution in [-0.4, -0.2) is 24.1 Å². The molecule has 3 rings (SSSR count). The molecule has 5 nitrogen and oxygen atoms in total. The van der Waals surface area contributed by atoms with Crippen molar-refractivity contribution in [3.63, 3.8) is 0 Å². The van der Waals surface area contributed by atoms with Gasteiger partial charge in [0.1, 0.15) is 5.75 Å². The Morgan fingerprint density at radius 1 is 1.15 bits per heavy atom. The Bertz CT molecular complexity index is 990. The van der Waals surface area contributed by atoms with Gasteiger partial charge in [-0.2, -0.15) is 0 Å². The largest absolute Gasteiger partial charge is 0.508 e. The monoisotopic (exact) mass is 383 g/mol. The Hall–Kier alpha value is -3.05. The van der Waals surface area contributed by atoms with Gasteiger partial charge in [-0.15, -0.1) is 0 Å². The first-order valence-electron chi connectivity index (χ1n) is 8.24. The van der Waals surface area contributed by atoms with Crippen molar-refractivity contribution in [3.8, 4) is 5.75 Å². The topological polar surface area (TPSA) is 66.8 Å². The van der Waals surface area contributed by atoms with Crippen LogP contribution in [0.15, 0.2) is 59.3 Å². The highest BCUT2D eigenvalue weighted by molar-refractivity contribution is 6.32. The van der Waals surface area contributed by atoms with Crippen molar-refractivity contribution < 1.29 is 19.4 Å². The lowest BCUT2D eigenvalue weighted by Crippen LogP contribution is -2.24. The number of halogens is 1. The SMILES string of the molecule is COC(=O)C1=C(C)N(c2ccc(C)c(Cl)c2)C(=O)C1=Cc1ccc(O)cc1. The Balaban J connectivity index is 2.14. The van der Waals surface area contributed by atoms with E-state index in [9.17, 15) is 14.7 Å². The minimum atomic E-state index is -0.591. The number of phenolic OH excluding ortho intramolecular Hbond substituents is 1. The van der Waals surface area contributed by atoms with Gasteiger partial charge in [0.25, 0.3) is 5.91 Å². The van der Waals surface area contributed by atoms with E-state index in [0.717, 1.165) is 5.56 Å². The van der Waals surface area contributed by atoms with E-state index in [1.807, 2.05) is 13.0 Å². The quantitative estimate of drug-likeness (QED) is 0.636. The molecule has 0 unspecified atom stereocenters. The average Bonchev–Trinajstić information content (AvgIpc) is 2.89. The van der Waals surface area contributed by atoms with Crippen molar-refractivity contribution >= 4 is 35.2 Å². The maximum atomic E-state index is 13.1. The molecular formula is C21H18ClNO4. The maximum absolute atomic E-state index is 13.1. The van der Waals surface area contributed by atoms with E-state index in [1.165, 1.54) is 24.1 Å². The molecular weight excluding hydrogens is 366 g/mol. The first-order valence-corrected chi connectivity index (χ1v) is 8.62. The fourth-order valence-corrected chi connectivity index (χ4v) is 3.12. The molecule has 2 aromatic rings. The third kappa shape index (κ3) is 3.46. The second-order valence-electron chi connectivity index (χ2n) is 6.18. The van der Waals surface area contributed by atoms with Crippen molar-refractivity contribution in [2.75, 3.05) is 12.0 Å². The van der Waals surface area contributed by atoms with Gasteiger partial charge in [-0.05, 0) is 55.3 Å². The summed E-state index contributed by atoms with van der Waals surface area (Å²) in [5, 5.41) is 9.97. The molecule has 0 aliphatic carbocycles. The third-order valence-electron chi connectivity index (χ3n) is 4.41. The van der Waals surface area contributed by atoms with Crippen molar-refractivity contribution in [3.05, 3.63) is 75.5 Å². The summed E-state index contributed by atoms with van der Waals surface area (Å²) in [6, 6.07) is 11.6. The van der Waals surface area contributed by atoms with E-state index in [-0.39, 0.29) is 22.8 Å². The second-order valence-corrected chi connectivity index (χ2v) is 6.58. The molecule has 0 spiro atoms. The Morgan fingerprint density at radius 3 is 2.41 bits per heavy atom. The Morgan fingerprint density at radius 2 is 1.81 bits per heavy atom. The van der Waals surface area contributed by atoms with Crippen molar-refractivity contribution in [2.45, 2.75) is 13.8 Å². The van der Waals surface area contributed by atoms with Crippen molar-refractivity contribution in [2.24, 2.45) is 0 Å².